The van der Waals surface area contributed by atoms with Crippen molar-refractivity contribution in [2.45, 2.75) is 31.6 Å². The zero-order valence-corrected chi connectivity index (χ0v) is 19.0. The first-order chi connectivity index (χ1) is 16.6. The minimum atomic E-state index is -1.01. The van der Waals surface area contributed by atoms with E-state index in [1.54, 1.807) is 11.1 Å². The summed E-state index contributed by atoms with van der Waals surface area (Å²) in [5.74, 6) is -0.418. The Bertz CT molecular complexity index is 1110. The van der Waals surface area contributed by atoms with Crippen LogP contribution in [-0.2, 0) is 16.0 Å². The van der Waals surface area contributed by atoms with Crippen molar-refractivity contribution in [3.05, 3.63) is 102 Å². The maximum atomic E-state index is 12.6. The molecule has 1 aliphatic rings. The number of carboxylic acids is 1. The molecule has 6 nitrogen and oxygen atoms in total. The Labute approximate surface area is 199 Å². The van der Waals surface area contributed by atoms with Crippen molar-refractivity contribution in [1.82, 2.24) is 5.01 Å². The number of hydrogen-bond donors (Lipinski definition) is 1. The summed E-state index contributed by atoms with van der Waals surface area (Å²) in [7, 11) is 0. The van der Waals surface area contributed by atoms with Crippen LogP contribution in [-0.4, -0.2) is 40.9 Å². The molecular weight excluding hydrogens is 428 g/mol. The molecule has 3 aromatic rings. The molecule has 6 heteroatoms. The predicted octanol–water partition coefficient (Wildman–Crippen LogP) is 4.89. The van der Waals surface area contributed by atoms with Gasteiger partial charge >= 0.3 is 5.97 Å². The van der Waals surface area contributed by atoms with E-state index in [2.05, 4.69) is 24.3 Å². The van der Waals surface area contributed by atoms with Crippen LogP contribution in [0.2, 0.25) is 0 Å². The Morgan fingerprint density at radius 2 is 1.62 bits per heavy atom. The molecule has 34 heavy (non-hydrogen) atoms. The van der Waals surface area contributed by atoms with Crippen molar-refractivity contribution in [2.24, 2.45) is 5.10 Å². The highest BCUT2D eigenvalue weighted by molar-refractivity contribution is 5.98. The van der Waals surface area contributed by atoms with Crippen molar-refractivity contribution in [3.8, 4) is 5.75 Å². The van der Waals surface area contributed by atoms with Gasteiger partial charge in [-0.05, 0) is 48.1 Å². The lowest BCUT2D eigenvalue weighted by Gasteiger charge is -2.28. The third kappa shape index (κ3) is 6.10. The lowest BCUT2D eigenvalue weighted by atomic mass is 9.85. The summed E-state index contributed by atoms with van der Waals surface area (Å²) in [5.41, 5.74) is 4.36. The number of aryl methyl sites for hydroxylation is 1. The molecule has 3 aromatic carbocycles. The Morgan fingerprint density at radius 1 is 0.941 bits per heavy atom. The van der Waals surface area contributed by atoms with Gasteiger partial charge in [0.05, 0.1) is 5.71 Å². The van der Waals surface area contributed by atoms with E-state index >= 15 is 0 Å². The molecular formula is C28H28N2O4. The predicted molar refractivity (Wildman–Crippen MR) is 131 cm³/mol. The van der Waals surface area contributed by atoms with Crippen LogP contribution < -0.4 is 4.74 Å². The minimum absolute atomic E-state index is 0.0149. The normalized spacial score (nSPS) is 13.6. The van der Waals surface area contributed by atoms with Gasteiger partial charge in [-0.2, -0.15) is 5.10 Å². The van der Waals surface area contributed by atoms with E-state index in [4.69, 9.17) is 14.9 Å². The molecule has 4 rings (SSSR count). The van der Waals surface area contributed by atoms with E-state index in [1.807, 2.05) is 54.6 Å². The molecule has 174 valence electrons. The number of carboxylic acid groups (broad SMARTS) is 1. The molecule has 0 fully saturated rings. The van der Waals surface area contributed by atoms with Crippen LogP contribution in [0, 0.1) is 0 Å². The van der Waals surface area contributed by atoms with Gasteiger partial charge in [-0.3, -0.25) is 4.79 Å². The summed E-state index contributed by atoms with van der Waals surface area (Å²) < 4.78 is 5.26. The molecule has 1 heterocycles. The Hall–Kier alpha value is -3.93. The SMILES string of the molecule is O=C(O)COc1cccc(CCCN2N=C(C(c3ccccc3)c3ccccc3)CCC2=O)c1. The molecule has 0 unspecified atom stereocenters. The summed E-state index contributed by atoms with van der Waals surface area (Å²) >= 11 is 0. The first-order valence-electron chi connectivity index (χ1n) is 11.5. The second kappa shape index (κ2) is 11.3. The van der Waals surface area contributed by atoms with Gasteiger partial charge in [-0.15, -0.1) is 0 Å². The lowest BCUT2D eigenvalue weighted by Crippen LogP contribution is -2.34. The Morgan fingerprint density at radius 3 is 2.26 bits per heavy atom. The number of hydrazone groups is 1. The topological polar surface area (TPSA) is 79.2 Å². The number of hydrogen-bond acceptors (Lipinski definition) is 4. The Kier molecular flexibility index (Phi) is 7.71. The van der Waals surface area contributed by atoms with Crippen molar-refractivity contribution < 1.29 is 19.4 Å². The van der Waals surface area contributed by atoms with E-state index in [9.17, 15) is 9.59 Å². The average Bonchev–Trinajstić information content (AvgIpc) is 2.86. The van der Waals surface area contributed by atoms with E-state index in [0.29, 0.717) is 25.1 Å². The van der Waals surface area contributed by atoms with Crippen LogP contribution in [0.4, 0.5) is 0 Å². The minimum Gasteiger partial charge on any atom is -0.482 e. The fraction of sp³-hybridized carbons (Fsp3) is 0.250. The van der Waals surface area contributed by atoms with Crippen molar-refractivity contribution in [3.63, 3.8) is 0 Å². The highest BCUT2D eigenvalue weighted by atomic mass is 16.5. The molecule has 0 bridgehead atoms. The second-order valence-corrected chi connectivity index (χ2v) is 8.30. The van der Waals surface area contributed by atoms with Gasteiger partial charge in [0.1, 0.15) is 5.75 Å². The molecule has 0 aliphatic carbocycles. The van der Waals surface area contributed by atoms with Gasteiger partial charge in [0.25, 0.3) is 0 Å². The highest BCUT2D eigenvalue weighted by Gasteiger charge is 2.27. The number of nitrogens with zero attached hydrogens (tertiary/aromatic N) is 2. The number of carbonyl (C=O) groups excluding carboxylic acids is 1. The third-order valence-corrected chi connectivity index (χ3v) is 5.83. The quantitative estimate of drug-likeness (QED) is 0.471. The zero-order chi connectivity index (χ0) is 23.8. The number of amides is 1. The maximum absolute atomic E-state index is 12.6. The van der Waals surface area contributed by atoms with Crippen LogP contribution in [0.3, 0.4) is 0 Å². The van der Waals surface area contributed by atoms with Crippen LogP contribution >= 0.6 is 0 Å². The van der Waals surface area contributed by atoms with Gasteiger partial charge in [-0.1, -0.05) is 72.8 Å². The summed E-state index contributed by atoms with van der Waals surface area (Å²) in [4.78, 5) is 23.3. The van der Waals surface area contributed by atoms with E-state index < -0.39 is 5.97 Å². The summed E-state index contributed by atoms with van der Waals surface area (Å²) in [5, 5.41) is 15.2. The third-order valence-electron chi connectivity index (χ3n) is 5.83. The van der Waals surface area contributed by atoms with Crippen LogP contribution in [0.25, 0.3) is 0 Å². The van der Waals surface area contributed by atoms with E-state index in [-0.39, 0.29) is 18.4 Å². The Balaban J connectivity index is 1.46. The van der Waals surface area contributed by atoms with Gasteiger partial charge < -0.3 is 9.84 Å². The molecule has 0 radical (unpaired) electrons. The number of benzene rings is 3. The van der Waals surface area contributed by atoms with Crippen LogP contribution in [0.1, 0.15) is 41.9 Å². The fourth-order valence-electron chi connectivity index (χ4n) is 4.24. The first-order valence-corrected chi connectivity index (χ1v) is 11.5. The number of rotatable bonds is 10. The molecule has 1 N–H and O–H groups in total. The molecule has 0 saturated carbocycles. The van der Waals surface area contributed by atoms with Crippen molar-refractivity contribution >= 4 is 17.6 Å². The lowest BCUT2D eigenvalue weighted by molar-refractivity contribution is -0.139. The monoisotopic (exact) mass is 456 g/mol. The standard InChI is InChI=1S/C28H28N2O4/c31-26-17-16-25(28(22-11-3-1-4-12-22)23-13-5-2-6-14-23)29-30(26)18-8-10-21-9-7-15-24(19-21)34-20-27(32)33/h1-7,9,11-15,19,28H,8,10,16-18,20H2,(H,32,33). The highest BCUT2D eigenvalue weighted by Crippen LogP contribution is 2.30. The average molecular weight is 457 g/mol. The number of aliphatic carboxylic acids is 1. The van der Waals surface area contributed by atoms with Crippen molar-refractivity contribution in [2.75, 3.05) is 13.2 Å². The fourth-order valence-corrected chi connectivity index (χ4v) is 4.24. The molecule has 0 saturated heterocycles. The van der Waals surface area contributed by atoms with Gasteiger partial charge in [0.15, 0.2) is 6.61 Å². The van der Waals surface area contributed by atoms with Crippen LogP contribution in [0.5, 0.6) is 5.75 Å². The first kappa shape index (κ1) is 23.2. The molecule has 1 aliphatic heterocycles. The largest absolute Gasteiger partial charge is 0.482 e. The molecule has 0 atom stereocenters. The van der Waals surface area contributed by atoms with Gasteiger partial charge in [0, 0.05) is 18.9 Å². The molecule has 0 aromatic heterocycles. The van der Waals surface area contributed by atoms with Gasteiger partial charge in [0.2, 0.25) is 5.91 Å². The molecule has 1 amide bonds. The zero-order valence-electron chi connectivity index (χ0n) is 19.0. The number of carbonyl (C=O) groups is 2. The summed E-state index contributed by atoms with van der Waals surface area (Å²) in [6.07, 6.45) is 2.58. The maximum Gasteiger partial charge on any atom is 0.341 e. The molecule has 0 spiro atoms. The second-order valence-electron chi connectivity index (χ2n) is 8.30. The van der Waals surface area contributed by atoms with E-state index in [0.717, 1.165) is 24.1 Å². The van der Waals surface area contributed by atoms with E-state index in [1.165, 1.54) is 11.1 Å². The van der Waals surface area contributed by atoms with Crippen LogP contribution in [0.15, 0.2) is 90.0 Å². The summed E-state index contributed by atoms with van der Waals surface area (Å²) in [6.45, 7) is 0.159. The number of ether oxygens (including phenoxy) is 1. The smallest absolute Gasteiger partial charge is 0.341 e. The van der Waals surface area contributed by atoms with Gasteiger partial charge in [-0.25, -0.2) is 9.80 Å². The van der Waals surface area contributed by atoms with Crippen molar-refractivity contribution in [1.29, 1.82) is 0 Å². The summed E-state index contributed by atoms with van der Waals surface area (Å²) in [6, 6.07) is 28.0.